The molecular weight excluding hydrogens is 228 g/mol. The van der Waals surface area contributed by atoms with Gasteiger partial charge in [0.2, 0.25) is 0 Å². The summed E-state index contributed by atoms with van der Waals surface area (Å²) in [6, 6.07) is 0.457. The highest BCUT2D eigenvalue weighted by Crippen LogP contribution is 2.37. The molecule has 3 atom stereocenters. The van der Waals surface area contributed by atoms with Crippen LogP contribution in [0.5, 0.6) is 0 Å². The van der Waals surface area contributed by atoms with Crippen molar-refractivity contribution in [2.45, 2.75) is 64.0 Å². The predicted molar refractivity (Wildman–Crippen MR) is 71.2 cm³/mol. The maximum absolute atomic E-state index is 10.9. The number of carbonyl (C=O) groups is 1. The molecule has 0 unspecified atom stereocenters. The molecule has 4 heteroatoms. The molecule has 0 spiro atoms. The van der Waals surface area contributed by atoms with Crippen molar-refractivity contribution >= 4 is 6.09 Å². The van der Waals surface area contributed by atoms with E-state index in [1.165, 1.54) is 32.1 Å². The number of hydrogen-bond donors (Lipinski definition) is 2. The van der Waals surface area contributed by atoms with Crippen LogP contribution < -0.4 is 11.1 Å². The van der Waals surface area contributed by atoms with Crippen LogP contribution in [0.4, 0.5) is 4.79 Å². The fourth-order valence-electron chi connectivity index (χ4n) is 3.69. The number of nitrogens with one attached hydrogen (secondary N) is 1. The van der Waals surface area contributed by atoms with E-state index in [0.29, 0.717) is 6.04 Å². The van der Waals surface area contributed by atoms with E-state index in [4.69, 9.17) is 10.5 Å². The van der Waals surface area contributed by atoms with Gasteiger partial charge in [0.1, 0.15) is 5.60 Å². The Kier molecular flexibility index (Phi) is 4.15. The van der Waals surface area contributed by atoms with E-state index in [1.807, 2.05) is 13.8 Å². The summed E-state index contributed by atoms with van der Waals surface area (Å²) in [6.45, 7) is 5.00. The molecule has 104 valence electrons. The fraction of sp³-hybridized carbons (Fsp3) is 0.929. The molecule has 1 heterocycles. The standard InChI is InChI=1S/C14H26N2O2/c1-14(2,18-13(15)17)8-12-7-10-5-3-4-6-11(10)9-16-12/h10-12,16H,3-9H2,1-2H3,(H2,15,17)/t10-,11+,12+/m1/s1. The summed E-state index contributed by atoms with van der Waals surface area (Å²) >= 11 is 0. The van der Waals surface area contributed by atoms with Crippen LogP contribution in [-0.4, -0.2) is 24.3 Å². The molecule has 18 heavy (non-hydrogen) atoms. The second kappa shape index (κ2) is 5.47. The number of rotatable bonds is 3. The highest BCUT2D eigenvalue weighted by molar-refractivity contribution is 5.65. The van der Waals surface area contributed by atoms with E-state index in [9.17, 15) is 4.79 Å². The molecular formula is C14H26N2O2. The molecule has 1 aliphatic heterocycles. The zero-order chi connectivity index (χ0) is 13.2. The number of nitrogens with two attached hydrogens (primary N) is 1. The van der Waals surface area contributed by atoms with Crippen molar-refractivity contribution in [2.24, 2.45) is 17.6 Å². The second-order valence-electron chi connectivity index (χ2n) is 6.53. The fourth-order valence-corrected chi connectivity index (χ4v) is 3.69. The molecule has 1 amide bonds. The van der Waals surface area contributed by atoms with Crippen LogP contribution in [0.1, 0.15) is 52.4 Å². The molecule has 1 saturated heterocycles. The van der Waals surface area contributed by atoms with Crippen molar-refractivity contribution in [2.75, 3.05) is 6.54 Å². The van der Waals surface area contributed by atoms with Crippen LogP contribution in [0, 0.1) is 11.8 Å². The van der Waals surface area contributed by atoms with Gasteiger partial charge in [0.05, 0.1) is 0 Å². The van der Waals surface area contributed by atoms with Crippen LogP contribution in [0.2, 0.25) is 0 Å². The number of piperidine rings is 1. The third kappa shape index (κ3) is 3.61. The van der Waals surface area contributed by atoms with Crippen LogP contribution in [-0.2, 0) is 4.74 Å². The lowest BCUT2D eigenvalue weighted by molar-refractivity contribution is 0.0209. The monoisotopic (exact) mass is 254 g/mol. The molecule has 1 saturated carbocycles. The summed E-state index contributed by atoms with van der Waals surface area (Å²) in [5.41, 5.74) is 4.64. The number of fused-ring (bicyclic) bond motifs is 1. The third-order valence-corrected chi connectivity index (χ3v) is 4.44. The topological polar surface area (TPSA) is 64.3 Å². The van der Waals surface area contributed by atoms with E-state index in [0.717, 1.165) is 24.8 Å². The average Bonchev–Trinajstić information content (AvgIpc) is 2.26. The van der Waals surface area contributed by atoms with Gasteiger partial charge < -0.3 is 15.8 Å². The van der Waals surface area contributed by atoms with Crippen molar-refractivity contribution in [3.8, 4) is 0 Å². The molecule has 2 rings (SSSR count). The van der Waals surface area contributed by atoms with Crippen LogP contribution >= 0.6 is 0 Å². The van der Waals surface area contributed by atoms with Crippen molar-refractivity contribution in [1.82, 2.24) is 5.32 Å². The van der Waals surface area contributed by atoms with E-state index in [2.05, 4.69) is 5.32 Å². The molecule has 1 aliphatic carbocycles. The van der Waals surface area contributed by atoms with Crippen molar-refractivity contribution in [3.05, 3.63) is 0 Å². The maximum atomic E-state index is 10.9. The summed E-state index contributed by atoms with van der Waals surface area (Å²) < 4.78 is 5.18. The second-order valence-corrected chi connectivity index (χ2v) is 6.53. The largest absolute Gasteiger partial charge is 0.444 e. The first-order valence-electron chi connectivity index (χ1n) is 7.18. The lowest BCUT2D eigenvalue weighted by Crippen LogP contribution is -2.48. The molecule has 4 nitrogen and oxygen atoms in total. The zero-order valence-electron chi connectivity index (χ0n) is 11.6. The lowest BCUT2D eigenvalue weighted by atomic mass is 9.72. The summed E-state index contributed by atoms with van der Waals surface area (Å²) in [5.74, 6) is 1.74. The molecule has 0 aromatic rings. The number of hydrogen-bond acceptors (Lipinski definition) is 3. The lowest BCUT2D eigenvalue weighted by Gasteiger charge is -2.42. The van der Waals surface area contributed by atoms with Crippen molar-refractivity contribution < 1.29 is 9.53 Å². The van der Waals surface area contributed by atoms with Crippen molar-refractivity contribution in [1.29, 1.82) is 0 Å². The predicted octanol–water partition coefficient (Wildman–Crippen LogP) is 2.42. The van der Waals surface area contributed by atoms with Crippen LogP contribution in [0.3, 0.4) is 0 Å². The SMILES string of the molecule is CC(C)(C[C@@H]1C[C@H]2CCCC[C@H]2CN1)OC(N)=O. The maximum Gasteiger partial charge on any atom is 0.405 e. The molecule has 0 bridgehead atoms. The van der Waals surface area contributed by atoms with E-state index >= 15 is 0 Å². The summed E-state index contributed by atoms with van der Waals surface area (Å²) in [7, 11) is 0. The summed E-state index contributed by atoms with van der Waals surface area (Å²) in [4.78, 5) is 10.9. The van der Waals surface area contributed by atoms with Gasteiger partial charge in [0.15, 0.2) is 0 Å². The zero-order valence-corrected chi connectivity index (χ0v) is 11.6. The molecule has 0 radical (unpaired) electrons. The minimum absolute atomic E-state index is 0.457. The quantitative estimate of drug-likeness (QED) is 0.813. The molecule has 2 fully saturated rings. The van der Waals surface area contributed by atoms with Gasteiger partial charge >= 0.3 is 6.09 Å². The van der Waals surface area contributed by atoms with Gasteiger partial charge in [0.25, 0.3) is 0 Å². The Morgan fingerprint density at radius 1 is 1.33 bits per heavy atom. The third-order valence-electron chi connectivity index (χ3n) is 4.44. The number of carbonyl (C=O) groups excluding carboxylic acids is 1. The molecule has 0 aromatic heterocycles. The van der Waals surface area contributed by atoms with Gasteiger partial charge in [0, 0.05) is 12.5 Å². The highest BCUT2D eigenvalue weighted by atomic mass is 16.6. The van der Waals surface area contributed by atoms with Gasteiger partial charge in [-0.05, 0) is 45.1 Å². The van der Waals surface area contributed by atoms with Crippen LogP contribution in [0.25, 0.3) is 0 Å². The first-order chi connectivity index (χ1) is 8.46. The molecule has 3 N–H and O–H groups in total. The van der Waals surface area contributed by atoms with Gasteiger partial charge in [-0.15, -0.1) is 0 Å². The Balaban J connectivity index is 1.85. The highest BCUT2D eigenvalue weighted by Gasteiger charge is 2.35. The summed E-state index contributed by atoms with van der Waals surface area (Å²) in [6.07, 6.45) is 6.92. The molecule has 2 aliphatic rings. The summed E-state index contributed by atoms with van der Waals surface area (Å²) in [5, 5.41) is 3.62. The van der Waals surface area contributed by atoms with Gasteiger partial charge in [-0.25, -0.2) is 4.79 Å². The Bertz CT molecular complexity index is 304. The smallest absolute Gasteiger partial charge is 0.405 e. The Morgan fingerprint density at radius 2 is 2.00 bits per heavy atom. The van der Waals surface area contributed by atoms with E-state index in [1.54, 1.807) is 0 Å². The number of primary amides is 1. The Labute approximate surface area is 110 Å². The number of ether oxygens (including phenoxy) is 1. The van der Waals surface area contributed by atoms with Crippen molar-refractivity contribution in [3.63, 3.8) is 0 Å². The van der Waals surface area contributed by atoms with Gasteiger partial charge in [-0.2, -0.15) is 0 Å². The normalized spacial score (nSPS) is 32.7. The van der Waals surface area contributed by atoms with Crippen LogP contribution in [0.15, 0.2) is 0 Å². The average molecular weight is 254 g/mol. The van der Waals surface area contributed by atoms with Gasteiger partial charge in [-0.1, -0.05) is 19.3 Å². The Hall–Kier alpha value is -0.770. The molecule has 0 aromatic carbocycles. The van der Waals surface area contributed by atoms with E-state index < -0.39 is 11.7 Å². The number of amides is 1. The minimum Gasteiger partial charge on any atom is -0.444 e. The van der Waals surface area contributed by atoms with E-state index in [-0.39, 0.29) is 0 Å². The van der Waals surface area contributed by atoms with Gasteiger partial charge in [-0.3, -0.25) is 0 Å². The Morgan fingerprint density at radius 3 is 2.67 bits per heavy atom. The minimum atomic E-state index is -0.675. The first-order valence-corrected chi connectivity index (χ1v) is 7.18. The first kappa shape index (κ1) is 13.7.